The monoisotopic (exact) mass is 261 g/mol. The molecule has 3 nitrogen and oxygen atoms in total. The number of aromatic amines is 1. The fourth-order valence-corrected chi connectivity index (χ4v) is 1.86. The molecule has 4 heteroatoms. The lowest BCUT2D eigenvalue weighted by atomic mass is 10.2. The van der Waals surface area contributed by atoms with Crippen LogP contribution < -0.4 is 10.2 Å². The second kappa shape index (κ2) is 5.78. The maximum Gasteiger partial charge on any atom is 0.148 e. The molecule has 0 saturated carbocycles. The fraction of sp³-hybridized carbons (Fsp3) is 0.333. The molecule has 0 unspecified atom stereocenters. The topological polar surface area (TPSA) is 31.1 Å². The second-order valence-corrected chi connectivity index (χ2v) is 4.92. The Morgan fingerprint density at radius 3 is 2.68 bits per heavy atom. The molecule has 0 bridgehead atoms. The van der Waals surface area contributed by atoms with Crippen molar-refractivity contribution >= 4 is 11.4 Å². The number of H-pyrrole nitrogens is 1. The minimum atomic E-state index is -0.201. The molecule has 1 aromatic heterocycles. The third kappa shape index (κ3) is 3.28. The second-order valence-electron chi connectivity index (χ2n) is 4.92. The molecule has 0 aliphatic carbocycles. The van der Waals surface area contributed by atoms with Crippen molar-refractivity contribution in [2.45, 2.75) is 26.4 Å². The minimum Gasteiger partial charge on any atom is -0.379 e. The molecule has 2 aromatic rings. The summed E-state index contributed by atoms with van der Waals surface area (Å²) in [5.41, 5.74) is 2.48. The van der Waals surface area contributed by atoms with Crippen LogP contribution in [0.4, 0.5) is 15.8 Å². The molecule has 0 atom stereocenters. The van der Waals surface area contributed by atoms with E-state index < -0.39 is 0 Å². The highest BCUT2D eigenvalue weighted by molar-refractivity contribution is 5.56. The number of nitrogens with one attached hydrogen (secondary N) is 2. The van der Waals surface area contributed by atoms with Crippen molar-refractivity contribution in [3.8, 4) is 0 Å². The number of anilines is 2. The van der Waals surface area contributed by atoms with Crippen LogP contribution in [0.3, 0.4) is 0 Å². The zero-order valence-corrected chi connectivity index (χ0v) is 11.6. The summed E-state index contributed by atoms with van der Waals surface area (Å²) in [6.07, 6.45) is 1.87. The van der Waals surface area contributed by atoms with Crippen LogP contribution in [0.2, 0.25) is 0 Å². The third-order valence-electron chi connectivity index (χ3n) is 3.25. The average Bonchev–Trinajstić information content (AvgIpc) is 2.88. The molecular formula is C15H20FN3. The SMILES string of the molecule is CC(C)N(C)c1ccc(NCc2ccc[nH]2)cc1F. The summed E-state index contributed by atoms with van der Waals surface area (Å²) >= 11 is 0. The quantitative estimate of drug-likeness (QED) is 0.861. The lowest BCUT2D eigenvalue weighted by Gasteiger charge is -2.24. The molecule has 2 rings (SSSR count). The molecule has 2 N–H and O–H groups in total. The predicted molar refractivity (Wildman–Crippen MR) is 78.1 cm³/mol. The molecule has 0 fully saturated rings. The summed E-state index contributed by atoms with van der Waals surface area (Å²) in [6.45, 7) is 4.74. The molecule has 19 heavy (non-hydrogen) atoms. The lowest BCUT2D eigenvalue weighted by Crippen LogP contribution is -2.26. The van der Waals surface area contributed by atoms with Gasteiger partial charge in [-0.25, -0.2) is 4.39 Å². The number of hydrogen-bond acceptors (Lipinski definition) is 2. The smallest absolute Gasteiger partial charge is 0.148 e. The fourth-order valence-electron chi connectivity index (χ4n) is 1.86. The normalized spacial score (nSPS) is 10.8. The summed E-state index contributed by atoms with van der Waals surface area (Å²) in [4.78, 5) is 5.02. The van der Waals surface area contributed by atoms with E-state index in [4.69, 9.17) is 0 Å². The van der Waals surface area contributed by atoms with Crippen molar-refractivity contribution in [3.63, 3.8) is 0 Å². The van der Waals surface area contributed by atoms with Crippen LogP contribution in [0, 0.1) is 5.82 Å². The first kappa shape index (κ1) is 13.5. The summed E-state index contributed by atoms with van der Waals surface area (Å²) in [7, 11) is 1.90. The van der Waals surface area contributed by atoms with Gasteiger partial charge >= 0.3 is 0 Å². The van der Waals surface area contributed by atoms with Gasteiger partial charge in [0.05, 0.1) is 12.2 Å². The Balaban J connectivity index is 2.06. The summed E-state index contributed by atoms with van der Waals surface area (Å²) in [5.74, 6) is -0.201. The number of nitrogens with zero attached hydrogens (tertiary/aromatic N) is 1. The molecule has 0 aliphatic heterocycles. The van der Waals surface area contributed by atoms with E-state index in [1.54, 1.807) is 0 Å². The highest BCUT2D eigenvalue weighted by Crippen LogP contribution is 2.23. The zero-order chi connectivity index (χ0) is 13.8. The van der Waals surface area contributed by atoms with Crippen LogP contribution in [0.1, 0.15) is 19.5 Å². The van der Waals surface area contributed by atoms with Crippen molar-refractivity contribution in [2.24, 2.45) is 0 Å². The van der Waals surface area contributed by atoms with Crippen LogP contribution in [-0.2, 0) is 6.54 Å². The molecule has 102 valence electrons. The Hall–Kier alpha value is -1.97. The number of halogens is 1. The van der Waals surface area contributed by atoms with Gasteiger partial charge in [0.2, 0.25) is 0 Å². The lowest BCUT2D eigenvalue weighted by molar-refractivity contribution is 0.614. The summed E-state index contributed by atoms with van der Waals surface area (Å²) in [5, 5.41) is 3.19. The molecule has 0 spiro atoms. The Bertz CT molecular complexity index is 520. The highest BCUT2D eigenvalue weighted by atomic mass is 19.1. The summed E-state index contributed by atoms with van der Waals surface area (Å²) in [6, 6.07) is 9.46. The van der Waals surface area contributed by atoms with Crippen molar-refractivity contribution in [2.75, 3.05) is 17.3 Å². The van der Waals surface area contributed by atoms with E-state index in [0.717, 1.165) is 11.4 Å². The number of aromatic nitrogens is 1. The minimum absolute atomic E-state index is 0.201. The average molecular weight is 261 g/mol. The first-order valence-electron chi connectivity index (χ1n) is 6.46. The number of benzene rings is 1. The highest BCUT2D eigenvalue weighted by Gasteiger charge is 2.10. The van der Waals surface area contributed by atoms with Crippen molar-refractivity contribution in [3.05, 3.63) is 48.0 Å². The van der Waals surface area contributed by atoms with Gasteiger partial charge < -0.3 is 15.2 Å². The first-order valence-corrected chi connectivity index (χ1v) is 6.46. The number of hydrogen-bond donors (Lipinski definition) is 2. The first-order chi connectivity index (χ1) is 9.08. The van der Waals surface area contributed by atoms with Crippen LogP contribution in [0.5, 0.6) is 0 Å². The molecule has 1 heterocycles. The van der Waals surface area contributed by atoms with Crippen molar-refractivity contribution in [1.29, 1.82) is 0 Å². The van der Waals surface area contributed by atoms with Gasteiger partial charge in [0.25, 0.3) is 0 Å². The molecule has 0 amide bonds. The van der Waals surface area contributed by atoms with Crippen LogP contribution in [0.25, 0.3) is 0 Å². The van der Waals surface area contributed by atoms with Gasteiger partial charge in [0.15, 0.2) is 0 Å². The van der Waals surface area contributed by atoms with Crippen molar-refractivity contribution < 1.29 is 4.39 Å². The van der Waals surface area contributed by atoms with E-state index in [2.05, 4.69) is 10.3 Å². The van der Waals surface area contributed by atoms with Gasteiger partial charge in [-0.15, -0.1) is 0 Å². The third-order valence-corrected chi connectivity index (χ3v) is 3.25. The predicted octanol–water partition coefficient (Wildman–Crippen LogP) is 3.61. The van der Waals surface area contributed by atoms with E-state index in [-0.39, 0.29) is 11.9 Å². The Kier molecular flexibility index (Phi) is 4.10. The van der Waals surface area contributed by atoms with Gasteiger partial charge in [-0.1, -0.05) is 0 Å². The van der Waals surface area contributed by atoms with E-state index >= 15 is 0 Å². The Labute approximate surface area is 113 Å². The van der Waals surface area contributed by atoms with E-state index in [1.807, 2.05) is 56.3 Å². The largest absolute Gasteiger partial charge is 0.379 e. The van der Waals surface area contributed by atoms with Gasteiger partial charge in [0.1, 0.15) is 5.82 Å². The van der Waals surface area contributed by atoms with Gasteiger partial charge in [-0.2, -0.15) is 0 Å². The Morgan fingerprint density at radius 2 is 2.11 bits per heavy atom. The van der Waals surface area contributed by atoms with E-state index in [1.165, 1.54) is 6.07 Å². The summed E-state index contributed by atoms with van der Waals surface area (Å²) < 4.78 is 14.0. The zero-order valence-electron chi connectivity index (χ0n) is 11.6. The molecule has 0 saturated heterocycles. The molecule has 0 aliphatic rings. The van der Waals surface area contributed by atoms with Gasteiger partial charge in [-0.05, 0) is 44.2 Å². The van der Waals surface area contributed by atoms with Crippen LogP contribution in [-0.4, -0.2) is 18.1 Å². The van der Waals surface area contributed by atoms with Crippen LogP contribution >= 0.6 is 0 Å². The maximum absolute atomic E-state index is 14.0. The van der Waals surface area contributed by atoms with Crippen molar-refractivity contribution in [1.82, 2.24) is 4.98 Å². The van der Waals surface area contributed by atoms with E-state index in [0.29, 0.717) is 12.2 Å². The van der Waals surface area contributed by atoms with E-state index in [9.17, 15) is 4.39 Å². The van der Waals surface area contributed by atoms with Gasteiger partial charge in [0, 0.05) is 30.7 Å². The molecular weight excluding hydrogens is 241 g/mol. The maximum atomic E-state index is 14.0. The number of rotatable bonds is 5. The van der Waals surface area contributed by atoms with Crippen LogP contribution in [0.15, 0.2) is 36.5 Å². The Morgan fingerprint density at radius 1 is 1.32 bits per heavy atom. The molecule has 1 aromatic carbocycles. The van der Waals surface area contributed by atoms with Gasteiger partial charge in [-0.3, -0.25) is 0 Å². The molecule has 0 radical (unpaired) electrons. The standard InChI is InChI=1S/C15H20FN3/c1-11(2)19(3)15-7-6-12(9-14(15)16)18-10-13-5-4-8-17-13/h4-9,11,17-18H,10H2,1-3H3.